The van der Waals surface area contributed by atoms with Crippen molar-refractivity contribution < 1.29 is 9.90 Å². The molecule has 0 heterocycles. The number of unbranched alkanes of at least 4 members (excludes halogenated alkanes) is 1. The fourth-order valence-electron chi connectivity index (χ4n) is 2.35. The molecule has 0 bridgehead atoms. The molecule has 0 radical (unpaired) electrons. The lowest BCUT2D eigenvalue weighted by molar-refractivity contribution is -0.264. The first-order valence-electron chi connectivity index (χ1n) is 6.58. The molecule has 2 aromatic rings. The van der Waals surface area contributed by atoms with Crippen LogP contribution >= 0.6 is 0 Å². The zero-order valence-corrected chi connectivity index (χ0v) is 11.3. The van der Waals surface area contributed by atoms with Crippen LogP contribution in [0.3, 0.4) is 0 Å². The maximum absolute atomic E-state index is 11.6. The van der Waals surface area contributed by atoms with E-state index in [1.54, 1.807) is 24.3 Å². The number of rotatable bonds is 5. The number of hydrogen-bond acceptors (Lipinski definition) is 4. The Morgan fingerprint density at radius 1 is 1.20 bits per heavy atom. The van der Waals surface area contributed by atoms with Crippen molar-refractivity contribution in [2.45, 2.75) is 19.8 Å². The summed E-state index contributed by atoms with van der Waals surface area (Å²) in [7, 11) is 0. The average molecular weight is 272 g/mol. The van der Waals surface area contributed by atoms with Gasteiger partial charge in [-0.1, -0.05) is 53.2 Å². The van der Waals surface area contributed by atoms with E-state index in [1.807, 2.05) is 25.1 Å². The summed E-state index contributed by atoms with van der Waals surface area (Å²) in [6, 6.07) is 12.5. The second-order valence-electron chi connectivity index (χ2n) is 4.69. The van der Waals surface area contributed by atoms with Gasteiger partial charge in [0.05, 0.1) is 0 Å². The fraction of sp³-hybridized carbons (Fsp3) is 0.267. The lowest BCUT2D eigenvalue weighted by Crippen LogP contribution is -2.56. The largest absolute Gasteiger partial charge is 0.496 e. The number of carbonyl (C=O) groups excluding carboxylic acids is 1. The minimum atomic E-state index is -1.50. The van der Waals surface area contributed by atoms with Crippen molar-refractivity contribution in [3.63, 3.8) is 0 Å². The minimum Gasteiger partial charge on any atom is -0.496 e. The van der Waals surface area contributed by atoms with E-state index in [4.69, 9.17) is 0 Å². The van der Waals surface area contributed by atoms with E-state index in [0.29, 0.717) is 17.5 Å². The molecule has 5 heteroatoms. The first-order valence-corrected chi connectivity index (χ1v) is 6.58. The molecular formula is C15H16N2O3. The molecule has 0 saturated carbocycles. The molecule has 2 aromatic carbocycles. The third-order valence-corrected chi connectivity index (χ3v) is 3.44. The van der Waals surface area contributed by atoms with Crippen molar-refractivity contribution in [2.24, 2.45) is 5.29 Å². The number of benzene rings is 2. The van der Waals surface area contributed by atoms with Crippen molar-refractivity contribution in [1.82, 2.24) is 4.59 Å². The average Bonchev–Trinajstić information content (AvgIpc) is 2.48. The molecule has 20 heavy (non-hydrogen) atoms. The second-order valence-corrected chi connectivity index (χ2v) is 4.69. The standard InChI is InChI=1S/C15H16N2O3/c1-2-3-11-17(16-20,15(18)19)14-10-6-8-12-7-4-5-9-13(12)14/h4-10H,2-3,11H2,1H3. The van der Waals surface area contributed by atoms with Gasteiger partial charge in [-0.25, -0.2) is 0 Å². The normalized spacial score (nSPS) is 13.8. The van der Waals surface area contributed by atoms with Gasteiger partial charge in [0.25, 0.3) is 6.09 Å². The van der Waals surface area contributed by atoms with Crippen LogP contribution in [0.4, 0.5) is 10.5 Å². The molecule has 0 fully saturated rings. The van der Waals surface area contributed by atoms with Gasteiger partial charge < -0.3 is 9.90 Å². The monoisotopic (exact) mass is 272 g/mol. The predicted molar refractivity (Wildman–Crippen MR) is 76.7 cm³/mol. The van der Waals surface area contributed by atoms with Crippen LogP contribution in [0.15, 0.2) is 47.8 Å². The van der Waals surface area contributed by atoms with Gasteiger partial charge in [0, 0.05) is 11.5 Å². The summed E-state index contributed by atoms with van der Waals surface area (Å²) in [6.07, 6.45) is -0.152. The predicted octanol–water partition coefficient (Wildman–Crippen LogP) is 2.97. The molecule has 104 valence electrons. The molecule has 0 saturated heterocycles. The first-order chi connectivity index (χ1) is 9.65. The number of amides is 1. The number of nitrogens with zero attached hydrogens (tertiary/aromatic N) is 2. The van der Waals surface area contributed by atoms with Gasteiger partial charge in [-0.3, -0.25) is 0 Å². The number of carbonyl (C=O) groups is 1. The molecule has 0 aromatic heterocycles. The van der Waals surface area contributed by atoms with Crippen LogP contribution in [0.5, 0.6) is 0 Å². The van der Waals surface area contributed by atoms with Crippen molar-refractivity contribution in [1.29, 1.82) is 0 Å². The van der Waals surface area contributed by atoms with E-state index in [0.717, 1.165) is 11.8 Å². The zero-order valence-electron chi connectivity index (χ0n) is 11.3. The molecule has 1 amide bonds. The Morgan fingerprint density at radius 2 is 1.90 bits per heavy atom. The van der Waals surface area contributed by atoms with Crippen LogP contribution in [0.2, 0.25) is 0 Å². The van der Waals surface area contributed by atoms with Gasteiger partial charge in [-0.15, -0.1) is 0 Å². The van der Waals surface area contributed by atoms with Crippen molar-refractivity contribution >= 4 is 22.6 Å². The van der Waals surface area contributed by atoms with E-state index in [-0.39, 0.29) is 6.54 Å². The number of nitroso groups, excluding NO2 is 1. The van der Waals surface area contributed by atoms with E-state index in [9.17, 15) is 14.8 Å². The van der Waals surface area contributed by atoms with Crippen molar-refractivity contribution in [3.8, 4) is 0 Å². The summed E-state index contributed by atoms with van der Waals surface area (Å²) in [5, 5.41) is 16.0. The molecule has 0 N–H and O–H groups in total. The third kappa shape index (κ3) is 2.28. The highest BCUT2D eigenvalue weighted by Crippen LogP contribution is 2.32. The molecule has 0 spiro atoms. The molecule has 5 nitrogen and oxygen atoms in total. The Kier molecular flexibility index (Phi) is 4.10. The van der Waals surface area contributed by atoms with Gasteiger partial charge in [0.2, 0.25) is 0 Å². The van der Waals surface area contributed by atoms with Crippen LogP contribution in [0.1, 0.15) is 19.8 Å². The van der Waals surface area contributed by atoms with Crippen LogP contribution in [0.25, 0.3) is 10.8 Å². The Morgan fingerprint density at radius 3 is 2.55 bits per heavy atom. The quantitative estimate of drug-likeness (QED) is 0.477. The highest BCUT2D eigenvalue weighted by molar-refractivity contribution is 5.97. The Hall–Kier alpha value is -2.27. The van der Waals surface area contributed by atoms with Gasteiger partial charge >= 0.3 is 0 Å². The summed E-state index contributed by atoms with van der Waals surface area (Å²) < 4.78 is -1.03. The van der Waals surface area contributed by atoms with E-state index < -0.39 is 10.7 Å². The minimum absolute atomic E-state index is 0.0936. The summed E-state index contributed by atoms with van der Waals surface area (Å²) in [5.74, 6) is 0. The van der Waals surface area contributed by atoms with Gasteiger partial charge in [-0.05, 0) is 17.9 Å². The summed E-state index contributed by atoms with van der Waals surface area (Å²) in [5.41, 5.74) is 0.353. The lowest BCUT2D eigenvalue weighted by Gasteiger charge is -2.27. The molecule has 2 rings (SSSR count). The molecular weight excluding hydrogens is 256 g/mol. The van der Waals surface area contributed by atoms with Crippen LogP contribution < -0.4 is 9.70 Å². The van der Waals surface area contributed by atoms with E-state index in [2.05, 4.69) is 5.29 Å². The second kappa shape index (κ2) is 5.79. The number of fused-ring (bicyclic) bond motifs is 1. The summed E-state index contributed by atoms with van der Waals surface area (Å²) in [4.78, 5) is 22.9. The number of carboxylic acid groups (broad SMARTS) is 1. The van der Waals surface area contributed by atoms with Crippen LogP contribution in [-0.4, -0.2) is 12.6 Å². The zero-order chi connectivity index (χ0) is 14.6. The smallest absolute Gasteiger partial charge is 0.293 e. The molecule has 1 unspecified atom stereocenters. The molecule has 0 aliphatic carbocycles. The Labute approximate surface area is 117 Å². The van der Waals surface area contributed by atoms with Crippen molar-refractivity contribution in [3.05, 3.63) is 47.4 Å². The fourth-order valence-corrected chi connectivity index (χ4v) is 2.35. The molecule has 1 atom stereocenters. The van der Waals surface area contributed by atoms with Gasteiger partial charge in [-0.2, -0.15) is 0 Å². The van der Waals surface area contributed by atoms with E-state index in [1.165, 1.54) is 0 Å². The van der Waals surface area contributed by atoms with Crippen LogP contribution in [0, 0.1) is 4.91 Å². The highest BCUT2D eigenvalue weighted by Gasteiger charge is 2.37. The van der Waals surface area contributed by atoms with Crippen LogP contribution in [-0.2, 0) is 0 Å². The molecule has 0 aliphatic heterocycles. The molecule has 0 aliphatic rings. The highest BCUT2D eigenvalue weighted by atomic mass is 16.4. The van der Waals surface area contributed by atoms with E-state index >= 15 is 0 Å². The van der Waals surface area contributed by atoms with Crippen molar-refractivity contribution in [2.75, 3.05) is 6.54 Å². The topological polar surface area (TPSA) is 69.6 Å². The Bertz CT molecular complexity index is 637. The first kappa shape index (κ1) is 14.1. The maximum atomic E-state index is 11.6. The number of quaternary nitrogens is 1. The Balaban J connectivity index is 2.68. The third-order valence-electron chi connectivity index (χ3n) is 3.44. The SMILES string of the molecule is CCCC[N+](N=O)(C(=O)[O-])c1cccc2ccccc12. The summed E-state index contributed by atoms with van der Waals surface area (Å²) in [6.45, 7) is 2.02. The summed E-state index contributed by atoms with van der Waals surface area (Å²) >= 11 is 0. The van der Waals surface area contributed by atoms with Gasteiger partial charge in [0.15, 0.2) is 11.0 Å². The maximum Gasteiger partial charge on any atom is 0.293 e. The lowest BCUT2D eigenvalue weighted by atomic mass is 10.1. The number of hydrogen-bond donors (Lipinski definition) is 0. The van der Waals surface area contributed by atoms with Gasteiger partial charge in [0.1, 0.15) is 6.54 Å².